The van der Waals surface area contributed by atoms with Crippen LogP contribution >= 0.6 is 0 Å². The molecule has 1 fully saturated rings. The lowest BCUT2D eigenvalue weighted by molar-refractivity contribution is -0.142. The molecular formula is C7H12O3. The summed E-state index contributed by atoms with van der Waals surface area (Å²) in [4.78, 5) is 10.8. The van der Waals surface area contributed by atoms with Gasteiger partial charge in [0.25, 0.3) is 0 Å². The minimum atomic E-state index is -0.371. The third kappa shape index (κ3) is 1.29. The van der Waals surface area contributed by atoms with Crippen LogP contribution in [0.3, 0.4) is 0 Å². The molecule has 0 saturated heterocycles. The number of carbonyl (C=O) groups is 1. The first-order valence-corrected chi connectivity index (χ1v) is 3.42. The fraction of sp³-hybridized carbons (Fsp3) is 0.857. The largest absolute Gasteiger partial charge is 0.469 e. The second-order valence-corrected chi connectivity index (χ2v) is 2.77. The van der Waals surface area contributed by atoms with E-state index in [0.29, 0.717) is 0 Å². The van der Waals surface area contributed by atoms with Gasteiger partial charge in [-0.2, -0.15) is 0 Å². The van der Waals surface area contributed by atoms with Crippen LogP contribution in [-0.2, 0) is 9.53 Å². The third-order valence-corrected chi connectivity index (χ3v) is 1.96. The molecule has 0 amide bonds. The lowest BCUT2D eigenvalue weighted by atomic mass is 10.2. The van der Waals surface area contributed by atoms with Crippen LogP contribution in [0.15, 0.2) is 0 Å². The molecule has 0 bridgehead atoms. The van der Waals surface area contributed by atoms with Crippen molar-refractivity contribution < 1.29 is 14.6 Å². The third-order valence-electron chi connectivity index (χ3n) is 1.96. The molecule has 0 aliphatic heterocycles. The first-order chi connectivity index (χ1) is 4.66. The minimum absolute atomic E-state index is 0.0370. The summed E-state index contributed by atoms with van der Waals surface area (Å²) in [6.07, 6.45) is 0.411. The van der Waals surface area contributed by atoms with Crippen molar-refractivity contribution in [2.24, 2.45) is 11.8 Å². The van der Waals surface area contributed by atoms with Crippen molar-refractivity contribution in [3.8, 4) is 0 Å². The number of hydrogen-bond donors (Lipinski definition) is 1. The van der Waals surface area contributed by atoms with Crippen LogP contribution in [0.4, 0.5) is 0 Å². The molecular weight excluding hydrogens is 132 g/mol. The number of carbonyl (C=O) groups excluding carboxylic acids is 1. The van der Waals surface area contributed by atoms with Crippen molar-refractivity contribution in [3.05, 3.63) is 0 Å². The molecule has 0 spiro atoms. The Morgan fingerprint density at radius 2 is 2.40 bits per heavy atom. The van der Waals surface area contributed by atoms with Crippen molar-refractivity contribution in [1.82, 2.24) is 0 Å². The number of methoxy groups -OCH3 is 1. The molecule has 1 saturated carbocycles. The van der Waals surface area contributed by atoms with Crippen molar-refractivity contribution in [1.29, 1.82) is 0 Å². The Hall–Kier alpha value is -0.570. The Kier molecular flexibility index (Phi) is 1.94. The van der Waals surface area contributed by atoms with E-state index in [1.807, 2.05) is 0 Å². The second-order valence-electron chi connectivity index (χ2n) is 2.77. The van der Waals surface area contributed by atoms with Gasteiger partial charge < -0.3 is 9.84 Å². The Morgan fingerprint density at radius 3 is 2.70 bits per heavy atom. The number of aliphatic hydroxyl groups is 1. The lowest BCUT2D eigenvalue weighted by Gasteiger charge is -2.00. The van der Waals surface area contributed by atoms with Gasteiger partial charge in [-0.05, 0) is 19.3 Å². The van der Waals surface area contributed by atoms with Gasteiger partial charge in [-0.3, -0.25) is 4.79 Å². The SMILES string of the molecule is COC(=O)C1CC1C(C)O. The summed E-state index contributed by atoms with van der Waals surface area (Å²) in [5.41, 5.74) is 0. The zero-order valence-corrected chi connectivity index (χ0v) is 6.20. The Balaban J connectivity index is 2.31. The molecule has 1 rings (SSSR count). The maximum Gasteiger partial charge on any atom is 0.309 e. The molecule has 58 valence electrons. The Morgan fingerprint density at radius 1 is 1.80 bits per heavy atom. The van der Waals surface area contributed by atoms with Gasteiger partial charge in [-0.25, -0.2) is 0 Å². The highest BCUT2D eigenvalue weighted by Crippen LogP contribution is 2.41. The van der Waals surface area contributed by atoms with E-state index in [4.69, 9.17) is 5.11 Å². The number of rotatable bonds is 2. The van der Waals surface area contributed by atoms with Crippen LogP contribution in [0.1, 0.15) is 13.3 Å². The highest BCUT2D eigenvalue weighted by atomic mass is 16.5. The molecule has 10 heavy (non-hydrogen) atoms. The van der Waals surface area contributed by atoms with E-state index in [0.717, 1.165) is 6.42 Å². The topological polar surface area (TPSA) is 46.5 Å². The van der Waals surface area contributed by atoms with E-state index < -0.39 is 0 Å². The van der Waals surface area contributed by atoms with Crippen molar-refractivity contribution in [2.45, 2.75) is 19.4 Å². The van der Waals surface area contributed by atoms with E-state index in [1.54, 1.807) is 6.92 Å². The maximum atomic E-state index is 10.8. The molecule has 0 heterocycles. The van der Waals surface area contributed by atoms with Crippen LogP contribution in [-0.4, -0.2) is 24.3 Å². The van der Waals surface area contributed by atoms with Crippen LogP contribution in [0.5, 0.6) is 0 Å². The molecule has 1 aliphatic carbocycles. The average Bonchev–Trinajstić information content (AvgIpc) is 2.64. The monoisotopic (exact) mass is 144 g/mol. The molecule has 3 unspecified atom stereocenters. The van der Waals surface area contributed by atoms with Gasteiger partial charge in [0.1, 0.15) is 0 Å². The minimum Gasteiger partial charge on any atom is -0.469 e. The number of hydrogen-bond acceptors (Lipinski definition) is 3. The predicted molar refractivity (Wildman–Crippen MR) is 35.3 cm³/mol. The summed E-state index contributed by atoms with van der Waals surface area (Å²) in [5.74, 6) is -0.0802. The first-order valence-electron chi connectivity index (χ1n) is 3.42. The molecule has 0 radical (unpaired) electrons. The van der Waals surface area contributed by atoms with Crippen LogP contribution < -0.4 is 0 Å². The standard InChI is InChI=1S/C7H12O3/c1-4(8)5-3-6(5)7(9)10-2/h4-6,8H,3H2,1-2H3. The van der Waals surface area contributed by atoms with E-state index in [2.05, 4.69) is 4.74 Å². The average molecular weight is 144 g/mol. The fourth-order valence-corrected chi connectivity index (χ4v) is 1.17. The first kappa shape index (κ1) is 7.54. The van der Waals surface area contributed by atoms with Gasteiger partial charge in [0, 0.05) is 0 Å². The highest BCUT2D eigenvalue weighted by molar-refractivity contribution is 5.75. The van der Waals surface area contributed by atoms with Gasteiger partial charge in [-0.15, -0.1) is 0 Å². The van der Waals surface area contributed by atoms with Crippen LogP contribution in [0.25, 0.3) is 0 Å². The van der Waals surface area contributed by atoms with Crippen molar-refractivity contribution in [2.75, 3.05) is 7.11 Å². The predicted octanol–water partition coefficient (Wildman–Crippen LogP) is 0.176. The molecule has 1 N–H and O–H groups in total. The molecule has 0 aromatic heterocycles. The normalized spacial score (nSPS) is 33.1. The van der Waals surface area contributed by atoms with Crippen LogP contribution in [0.2, 0.25) is 0 Å². The van der Waals surface area contributed by atoms with E-state index in [1.165, 1.54) is 7.11 Å². The number of ether oxygens (including phenoxy) is 1. The van der Waals surface area contributed by atoms with Crippen molar-refractivity contribution >= 4 is 5.97 Å². The van der Waals surface area contributed by atoms with Gasteiger partial charge in [-0.1, -0.05) is 0 Å². The summed E-state index contributed by atoms with van der Waals surface area (Å²) < 4.78 is 4.50. The summed E-state index contributed by atoms with van der Waals surface area (Å²) >= 11 is 0. The quantitative estimate of drug-likeness (QED) is 0.562. The number of esters is 1. The van der Waals surface area contributed by atoms with E-state index in [-0.39, 0.29) is 23.9 Å². The molecule has 0 aromatic rings. The maximum absolute atomic E-state index is 10.8. The van der Waals surface area contributed by atoms with Gasteiger partial charge in [0.15, 0.2) is 0 Å². The molecule has 3 nitrogen and oxygen atoms in total. The summed E-state index contributed by atoms with van der Waals surface area (Å²) in [7, 11) is 1.37. The second kappa shape index (κ2) is 2.58. The lowest BCUT2D eigenvalue weighted by Crippen LogP contribution is -2.10. The summed E-state index contributed by atoms with van der Waals surface area (Å²) in [6, 6.07) is 0. The zero-order chi connectivity index (χ0) is 7.72. The van der Waals surface area contributed by atoms with E-state index >= 15 is 0 Å². The summed E-state index contributed by atoms with van der Waals surface area (Å²) in [5, 5.41) is 9.00. The summed E-state index contributed by atoms with van der Waals surface area (Å²) in [6.45, 7) is 1.70. The van der Waals surface area contributed by atoms with Crippen molar-refractivity contribution in [3.63, 3.8) is 0 Å². The van der Waals surface area contributed by atoms with Gasteiger partial charge in [0.05, 0.1) is 19.1 Å². The highest BCUT2D eigenvalue weighted by Gasteiger charge is 2.46. The Labute approximate surface area is 60.0 Å². The Bertz CT molecular complexity index is 142. The smallest absolute Gasteiger partial charge is 0.309 e. The van der Waals surface area contributed by atoms with E-state index in [9.17, 15) is 4.79 Å². The zero-order valence-electron chi connectivity index (χ0n) is 6.20. The molecule has 1 aliphatic rings. The fourth-order valence-electron chi connectivity index (χ4n) is 1.17. The van der Waals surface area contributed by atoms with Crippen LogP contribution in [0, 0.1) is 11.8 Å². The molecule has 0 aromatic carbocycles. The molecule has 3 atom stereocenters. The van der Waals surface area contributed by atoms with Gasteiger partial charge >= 0.3 is 5.97 Å². The molecule has 3 heteroatoms. The number of aliphatic hydroxyl groups excluding tert-OH is 1. The van der Waals surface area contributed by atoms with Gasteiger partial charge in [0.2, 0.25) is 0 Å².